The average Bonchev–Trinajstić information content (AvgIpc) is 2.71. The highest BCUT2D eigenvalue weighted by Gasteiger charge is 2.44. The fraction of sp³-hybridized carbons (Fsp3) is 0.533. The highest BCUT2D eigenvalue weighted by molar-refractivity contribution is 5.81. The first-order valence-electron chi connectivity index (χ1n) is 6.70. The van der Waals surface area contributed by atoms with E-state index in [0.717, 1.165) is 6.54 Å². The summed E-state index contributed by atoms with van der Waals surface area (Å²) >= 11 is 0. The lowest BCUT2D eigenvalue weighted by atomic mass is 9.86. The van der Waals surface area contributed by atoms with Crippen molar-refractivity contribution in [1.29, 1.82) is 0 Å². The molecule has 1 unspecified atom stereocenters. The minimum Gasteiger partial charge on any atom is -0.382 e. The third-order valence-corrected chi connectivity index (χ3v) is 3.98. The fourth-order valence-corrected chi connectivity index (χ4v) is 2.66. The van der Waals surface area contributed by atoms with Gasteiger partial charge in [0.2, 0.25) is 0 Å². The lowest BCUT2D eigenvalue weighted by Crippen LogP contribution is -2.57. The molecule has 2 rings (SSSR count). The van der Waals surface area contributed by atoms with Crippen LogP contribution in [0.3, 0.4) is 0 Å². The second kappa shape index (κ2) is 5.61. The number of guanidine groups is 1. The van der Waals surface area contributed by atoms with Crippen molar-refractivity contribution < 1.29 is 4.74 Å². The van der Waals surface area contributed by atoms with E-state index in [2.05, 4.69) is 35.9 Å². The van der Waals surface area contributed by atoms with Gasteiger partial charge in [-0.25, -0.2) is 0 Å². The summed E-state index contributed by atoms with van der Waals surface area (Å²) in [6.45, 7) is 6.52. The molecule has 104 valence electrons. The molecule has 0 amide bonds. The summed E-state index contributed by atoms with van der Waals surface area (Å²) in [5.74, 6) is 1.04. The first kappa shape index (κ1) is 13.9. The molecule has 1 atom stereocenters. The molecule has 4 heteroatoms. The second-order valence-corrected chi connectivity index (χ2v) is 5.44. The van der Waals surface area contributed by atoms with Gasteiger partial charge in [-0.05, 0) is 11.5 Å². The molecular formula is C15H23N3O. The molecule has 0 saturated carbocycles. The van der Waals surface area contributed by atoms with Crippen LogP contribution in [0.25, 0.3) is 0 Å². The van der Waals surface area contributed by atoms with Crippen molar-refractivity contribution in [3.63, 3.8) is 0 Å². The van der Waals surface area contributed by atoms with Gasteiger partial charge in [-0.15, -0.1) is 0 Å². The van der Waals surface area contributed by atoms with Crippen molar-refractivity contribution in [1.82, 2.24) is 4.90 Å². The Bertz CT molecular complexity index is 444. The number of hydrogen-bond acceptors (Lipinski definition) is 4. The molecule has 0 saturated heterocycles. The van der Waals surface area contributed by atoms with Crippen LogP contribution in [-0.4, -0.2) is 36.7 Å². The van der Waals surface area contributed by atoms with Gasteiger partial charge in [0, 0.05) is 13.7 Å². The van der Waals surface area contributed by atoms with Crippen molar-refractivity contribution >= 4 is 5.96 Å². The number of aliphatic imine (C=N–C) groups is 1. The Balaban J connectivity index is 2.25. The van der Waals surface area contributed by atoms with Gasteiger partial charge in [0.25, 0.3) is 0 Å². The quantitative estimate of drug-likeness (QED) is 0.880. The lowest BCUT2D eigenvalue weighted by molar-refractivity contribution is 0.0305. The fourth-order valence-electron chi connectivity index (χ4n) is 2.66. The molecule has 1 heterocycles. The highest BCUT2D eigenvalue weighted by atomic mass is 16.5. The van der Waals surface area contributed by atoms with Crippen LogP contribution in [-0.2, 0) is 11.3 Å². The minimum atomic E-state index is -0.130. The molecule has 1 aromatic carbocycles. The van der Waals surface area contributed by atoms with E-state index in [4.69, 9.17) is 10.5 Å². The number of rotatable bonds is 5. The predicted molar refractivity (Wildman–Crippen MR) is 77.9 cm³/mol. The van der Waals surface area contributed by atoms with Crippen LogP contribution in [0.2, 0.25) is 0 Å². The van der Waals surface area contributed by atoms with Gasteiger partial charge in [-0.3, -0.25) is 4.99 Å². The molecule has 1 aliphatic heterocycles. The maximum atomic E-state index is 6.09. The Kier molecular flexibility index (Phi) is 4.10. The monoisotopic (exact) mass is 261 g/mol. The molecule has 1 aromatic rings. The number of nitrogens with two attached hydrogens (primary N) is 1. The lowest BCUT2D eigenvalue weighted by Gasteiger charge is -2.42. The Morgan fingerprint density at radius 2 is 2.05 bits per heavy atom. The summed E-state index contributed by atoms with van der Waals surface area (Å²) in [6, 6.07) is 10.3. The second-order valence-electron chi connectivity index (χ2n) is 5.44. The van der Waals surface area contributed by atoms with Gasteiger partial charge < -0.3 is 15.4 Å². The highest BCUT2D eigenvalue weighted by Crippen LogP contribution is 2.31. The molecule has 0 aromatic heterocycles. The number of nitrogens with zero attached hydrogens (tertiary/aromatic N) is 2. The van der Waals surface area contributed by atoms with Crippen LogP contribution >= 0.6 is 0 Å². The van der Waals surface area contributed by atoms with E-state index in [-0.39, 0.29) is 5.54 Å². The Morgan fingerprint density at radius 3 is 2.63 bits per heavy atom. The number of methoxy groups -OCH3 is 1. The third kappa shape index (κ3) is 2.59. The zero-order valence-electron chi connectivity index (χ0n) is 12.0. The van der Waals surface area contributed by atoms with E-state index in [1.54, 1.807) is 7.11 Å². The van der Waals surface area contributed by atoms with Gasteiger partial charge in [-0.1, -0.05) is 44.2 Å². The summed E-state index contributed by atoms with van der Waals surface area (Å²) < 4.78 is 5.44. The van der Waals surface area contributed by atoms with E-state index in [1.165, 1.54) is 5.56 Å². The number of benzene rings is 1. The summed E-state index contributed by atoms with van der Waals surface area (Å²) in [4.78, 5) is 6.64. The van der Waals surface area contributed by atoms with Crippen molar-refractivity contribution in [3.8, 4) is 0 Å². The molecule has 0 bridgehead atoms. The van der Waals surface area contributed by atoms with Gasteiger partial charge in [0.05, 0.1) is 18.7 Å². The van der Waals surface area contributed by atoms with Gasteiger partial charge in [0.1, 0.15) is 0 Å². The molecular weight excluding hydrogens is 238 g/mol. The predicted octanol–water partition coefficient (Wildman–Crippen LogP) is 1.86. The summed E-state index contributed by atoms with van der Waals surface area (Å²) in [5, 5.41) is 0. The molecule has 0 aliphatic carbocycles. The zero-order valence-corrected chi connectivity index (χ0v) is 12.0. The molecule has 1 aliphatic rings. The van der Waals surface area contributed by atoms with Crippen LogP contribution in [0.1, 0.15) is 19.4 Å². The van der Waals surface area contributed by atoms with Gasteiger partial charge in [-0.2, -0.15) is 0 Å². The smallest absolute Gasteiger partial charge is 0.192 e. The molecule has 0 fully saturated rings. The first-order chi connectivity index (χ1) is 9.10. The van der Waals surface area contributed by atoms with E-state index in [1.807, 2.05) is 18.2 Å². The normalized spacial score (nSPS) is 22.9. The summed E-state index contributed by atoms with van der Waals surface area (Å²) in [6.07, 6.45) is 0. The summed E-state index contributed by atoms with van der Waals surface area (Å²) in [5.41, 5.74) is 7.20. The number of ether oxygens (including phenoxy) is 1. The van der Waals surface area contributed by atoms with Crippen LogP contribution in [0.15, 0.2) is 35.3 Å². The van der Waals surface area contributed by atoms with Crippen molar-refractivity contribution in [2.45, 2.75) is 25.9 Å². The van der Waals surface area contributed by atoms with E-state index >= 15 is 0 Å². The SMILES string of the molecule is COCC1(C(C)C)CN=C(N)N1Cc1ccccc1. The maximum absolute atomic E-state index is 6.09. The maximum Gasteiger partial charge on any atom is 0.192 e. The van der Waals surface area contributed by atoms with Crippen LogP contribution in [0, 0.1) is 5.92 Å². The molecule has 2 N–H and O–H groups in total. The largest absolute Gasteiger partial charge is 0.382 e. The van der Waals surface area contributed by atoms with Gasteiger partial charge in [0.15, 0.2) is 5.96 Å². The first-order valence-corrected chi connectivity index (χ1v) is 6.70. The Labute approximate surface area is 115 Å². The van der Waals surface area contributed by atoms with Crippen molar-refractivity contribution in [2.75, 3.05) is 20.3 Å². The summed E-state index contributed by atoms with van der Waals surface area (Å²) in [7, 11) is 1.74. The van der Waals surface area contributed by atoms with E-state index < -0.39 is 0 Å². The third-order valence-electron chi connectivity index (χ3n) is 3.98. The van der Waals surface area contributed by atoms with Crippen LogP contribution in [0.4, 0.5) is 0 Å². The zero-order chi connectivity index (χ0) is 13.9. The number of hydrogen-bond donors (Lipinski definition) is 1. The average molecular weight is 261 g/mol. The molecule has 4 nitrogen and oxygen atoms in total. The topological polar surface area (TPSA) is 50.9 Å². The minimum absolute atomic E-state index is 0.130. The standard InChI is InChI=1S/C15H23N3O/c1-12(2)15(11-19-3)10-17-14(16)18(15)9-13-7-5-4-6-8-13/h4-8,12H,9-11H2,1-3H3,(H2,16,17). The van der Waals surface area contributed by atoms with Crippen LogP contribution < -0.4 is 5.73 Å². The van der Waals surface area contributed by atoms with Crippen molar-refractivity contribution in [3.05, 3.63) is 35.9 Å². The Morgan fingerprint density at radius 1 is 1.37 bits per heavy atom. The van der Waals surface area contributed by atoms with Crippen LogP contribution in [0.5, 0.6) is 0 Å². The van der Waals surface area contributed by atoms with E-state index in [0.29, 0.717) is 25.0 Å². The molecule has 0 radical (unpaired) electrons. The van der Waals surface area contributed by atoms with E-state index in [9.17, 15) is 0 Å². The Hall–Kier alpha value is -1.55. The van der Waals surface area contributed by atoms with Gasteiger partial charge >= 0.3 is 0 Å². The van der Waals surface area contributed by atoms with Crippen molar-refractivity contribution in [2.24, 2.45) is 16.6 Å². The molecule has 0 spiro atoms. The molecule has 19 heavy (non-hydrogen) atoms.